The monoisotopic (exact) mass is 182 g/mol. The Kier molecular flexibility index (Phi) is 5.14. The second-order valence-corrected chi connectivity index (χ2v) is 4.11. The molecule has 1 fully saturated rings. The molecule has 1 aliphatic rings. The first-order valence-corrected chi connectivity index (χ1v) is 5.52. The van der Waals surface area contributed by atoms with E-state index in [4.69, 9.17) is 4.74 Å². The molecule has 0 radical (unpaired) electrons. The van der Waals surface area contributed by atoms with E-state index in [1.807, 2.05) is 0 Å². The molecule has 0 bridgehead atoms. The third-order valence-electron chi connectivity index (χ3n) is 2.65. The molecule has 1 rings (SSSR count). The molecule has 1 nitrogen and oxygen atoms in total. The second kappa shape index (κ2) is 6.20. The van der Waals surface area contributed by atoms with E-state index in [1.54, 1.807) is 0 Å². The van der Waals surface area contributed by atoms with E-state index in [2.05, 4.69) is 19.9 Å². The zero-order chi connectivity index (χ0) is 9.52. The van der Waals surface area contributed by atoms with E-state index in [0.717, 1.165) is 19.1 Å². The van der Waals surface area contributed by atoms with Gasteiger partial charge in [0.25, 0.3) is 0 Å². The first-order valence-electron chi connectivity index (χ1n) is 5.52. The van der Waals surface area contributed by atoms with E-state index in [0.29, 0.717) is 0 Å². The standard InChI is InChI=1S/C12H22O/c1-3-11(2)6-4-5-9-13-10-12-7-8-12/h3,12H,4-10H2,1-2H3/b11-3+. The van der Waals surface area contributed by atoms with Crippen LogP contribution in [0, 0.1) is 5.92 Å². The Morgan fingerprint density at radius 1 is 1.38 bits per heavy atom. The molecule has 13 heavy (non-hydrogen) atoms. The topological polar surface area (TPSA) is 9.23 Å². The summed E-state index contributed by atoms with van der Waals surface area (Å²) in [6.07, 6.45) is 8.74. The quantitative estimate of drug-likeness (QED) is 0.432. The van der Waals surface area contributed by atoms with Gasteiger partial charge in [0.05, 0.1) is 0 Å². The number of allylic oxidation sites excluding steroid dienone is 2. The van der Waals surface area contributed by atoms with Crippen LogP contribution in [0.25, 0.3) is 0 Å². The maximum atomic E-state index is 5.55. The zero-order valence-corrected chi connectivity index (χ0v) is 9.01. The lowest BCUT2D eigenvalue weighted by Crippen LogP contribution is -1.98. The molecule has 0 unspecified atom stereocenters. The van der Waals surface area contributed by atoms with Crippen molar-refractivity contribution in [1.82, 2.24) is 0 Å². The van der Waals surface area contributed by atoms with Crippen LogP contribution < -0.4 is 0 Å². The van der Waals surface area contributed by atoms with Gasteiger partial charge in [-0.2, -0.15) is 0 Å². The number of rotatable bonds is 7. The van der Waals surface area contributed by atoms with Gasteiger partial charge in [0.15, 0.2) is 0 Å². The van der Waals surface area contributed by atoms with Crippen LogP contribution in [-0.4, -0.2) is 13.2 Å². The van der Waals surface area contributed by atoms with Crippen LogP contribution in [0.1, 0.15) is 46.0 Å². The lowest BCUT2D eigenvalue weighted by Gasteiger charge is -2.03. The number of hydrogen-bond acceptors (Lipinski definition) is 1. The summed E-state index contributed by atoms with van der Waals surface area (Å²) in [4.78, 5) is 0. The Morgan fingerprint density at radius 3 is 2.77 bits per heavy atom. The summed E-state index contributed by atoms with van der Waals surface area (Å²) in [6.45, 7) is 6.29. The Labute approximate surface area is 82.2 Å². The summed E-state index contributed by atoms with van der Waals surface area (Å²) in [5, 5.41) is 0. The normalized spacial score (nSPS) is 17.8. The predicted molar refractivity (Wildman–Crippen MR) is 56.8 cm³/mol. The lowest BCUT2D eigenvalue weighted by atomic mass is 10.1. The van der Waals surface area contributed by atoms with Crippen molar-refractivity contribution in [1.29, 1.82) is 0 Å². The third kappa shape index (κ3) is 5.87. The van der Waals surface area contributed by atoms with E-state index in [-0.39, 0.29) is 0 Å². The van der Waals surface area contributed by atoms with Crippen molar-refractivity contribution >= 4 is 0 Å². The molecular formula is C12H22O. The minimum atomic E-state index is 0.914. The summed E-state index contributed by atoms with van der Waals surface area (Å²) >= 11 is 0. The summed E-state index contributed by atoms with van der Waals surface area (Å²) in [6, 6.07) is 0. The molecule has 0 heterocycles. The summed E-state index contributed by atoms with van der Waals surface area (Å²) < 4.78 is 5.55. The Balaban J connectivity index is 1.77. The van der Waals surface area contributed by atoms with Gasteiger partial charge in [-0.25, -0.2) is 0 Å². The fraction of sp³-hybridized carbons (Fsp3) is 0.833. The molecule has 1 saturated carbocycles. The Bertz CT molecular complexity index is 157. The van der Waals surface area contributed by atoms with Crippen LogP contribution in [0.15, 0.2) is 11.6 Å². The van der Waals surface area contributed by atoms with Crippen LogP contribution in [0.2, 0.25) is 0 Å². The van der Waals surface area contributed by atoms with Crippen LogP contribution in [-0.2, 0) is 4.74 Å². The predicted octanol–water partition coefficient (Wildman–Crippen LogP) is 3.55. The lowest BCUT2D eigenvalue weighted by molar-refractivity contribution is 0.121. The molecule has 76 valence electrons. The van der Waals surface area contributed by atoms with Crippen molar-refractivity contribution in [2.45, 2.75) is 46.0 Å². The summed E-state index contributed by atoms with van der Waals surface area (Å²) in [5.74, 6) is 0.914. The highest BCUT2D eigenvalue weighted by Crippen LogP contribution is 2.28. The molecule has 0 aromatic carbocycles. The van der Waals surface area contributed by atoms with Gasteiger partial charge in [-0.05, 0) is 51.9 Å². The molecule has 0 saturated heterocycles. The highest BCUT2D eigenvalue weighted by Gasteiger charge is 2.20. The van der Waals surface area contributed by atoms with Crippen LogP contribution in [0.5, 0.6) is 0 Å². The molecule has 0 spiro atoms. The first-order chi connectivity index (χ1) is 6.33. The van der Waals surface area contributed by atoms with E-state index in [9.17, 15) is 0 Å². The Morgan fingerprint density at radius 2 is 2.15 bits per heavy atom. The maximum absolute atomic E-state index is 5.55. The van der Waals surface area contributed by atoms with Crippen molar-refractivity contribution in [2.24, 2.45) is 5.92 Å². The first kappa shape index (κ1) is 10.8. The minimum Gasteiger partial charge on any atom is -0.381 e. The maximum Gasteiger partial charge on any atom is 0.0494 e. The van der Waals surface area contributed by atoms with Gasteiger partial charge in [0.1, 0.15) is 0 Å². The number of hydrogen-bond donors (Lipinski definition) is 0. The fourth-order valence-electron chi connectivity index (χ4n) is 1.29. The second-order valence-electron chi connectivity index (χ2n) is 4.11. The van der Waals surface area contributed by atoms with Gasteiger partial charge < -0.3 is 4.74 Å². The Hall–Kier alpha value is -0.300. The third-order valence-corrected chi connectivity index (χ3v) is 2.65. The molecule has 1 heteroatoms. The average molecular weight is 182 g/mol. The van der Waals surface area contributed by atoms with Crippen molar-refractivity contribution in [3.63, 3.8) is 0 Å². The van der Waals surface area contributed by atoms with Gasteiger partial charge in [-0.1, -0.05) is 11.6 Å². The molecule has 0 aromatic heterocycles. The highest BCUT2D eigenvalue weighted by molar-refractivity contribution is 4.94. The van der Waals surface area contributed by atoms with Gasteiger partial charge in [-0.3, -0.25) is 0 Å². The van der Waals surface area contributed by atoms with Crippen molar-refractivity contribution < 1.29 is 4.74 Å². The van der Waals surface area contributed by atoms with Crippen LogP contribution >= 0.6 is 0 Å². The molecular weight excluding hydrogens is 160 g/mol. The van der Waals surface area contributed by atoms with Gasteiger partial charge >= 0.3 is 0 Å². The molecule has 0 aromatic rings. The summed E-state index contributed by atoms with van der Waals surface area (Å²) in [7, 11) is 0. The smallest absolute Gasteiger partial charge is 0.0494 e. The highest BCUT2D eigenvalue weighted by atomic mass is 16.5. The van der Waals surface area contributed by atoms with Crippen molar-refractivity contribution in [3.05, 3.63) is 11.6 Å². The van der Waals surface area contributed by atoms with Crippen LogP contribution in [0.3, 0.4) is 0 Å². The SMILES string of the molecule is C/C=C(\C)CCCCOCC1CC1. The molecule has 0 amide bonds. The zero-order valence-electron chi connectivity index (χ0n) is 9.01. The summed E-state index contributed by atoms with van der Waals surface area (Å²) in [5.41, 5.74) is 1.50. The van der Waals surface area contributed by atoms with E-state index < -0.39 is 0 Å². The van der Waals surface area contributed by atoms with Crippen LogP contribution in [0.4, 0.5) is 0 Å². The van der Waals surface area contributed by atoms with Gasteiger partial charge in [0.2, 0.25) is 0 Å². The fourth-order valence-corrected chi connectivity index (χ4v) is 1.29. The molecule has 0 atom stereocenters. The van der Waals surface area contributed by atoms with Gasteiger partial charge in [0, 0.05) is 13.2 Å². The number of unbranched alkanes of at least 4 members (excludes halogenated alkanes) is 1. The average Bonchev–Trinajstić information content (AvgIpc) is 2.94. The number of ether oxygens (including phenoxy) is 1. The van der Waals surface area contributed by atoms with Crippen molar-refractivity contribution in [3.8, 4) is 0 Å². The van der Waals surface area contributed by atoms with E-state index in [1.165, 1.54) is 37.7 Å². The van der Waals surface area contributed by atoms with E-state index >= 15 is 0 Å². The molecule has 0 aliphatic heterocycles. The molecule has 1 aliphatic carbocycles. The van der Waals surface area contributed by atoms with Crippen molar-refractivity contribution in [2.75, 3.05) is 13.2 Å². The molecule has 0 N–H and O–H groups in total. The van der Waals surface area contributed by atoms with Gasteiger partial charge in [-0.15, -0.1) is 0 Å². The largest absolute Gasteiger partial charge is 0.381 e. The minimum absolute atomic E-state index is 0.914.